The molecule has 6 rings (SSSR count). The SMILES string of the molecule is Cn1nc(C(F)F)cc1Nc1nncn1[C@H]1CCc2sc(CC(=O)C3CC3)c(C(=O)NC3CC(F)C3)c2C1. The molecule has 1 atom stereocenters. The predicted molar refractivity (Wildman–Crippen MR) is 134 cm³/mol. The number of Topliss-reactive ketones (excluding diaryl/α,β-unsaturated/α-hetero) is 1. The van der Waals surface area contributed by atoms with E-state index in [9.17, 15) is 22.8 Å². The summed E-state index contributed by atoms with van der Waals surface area (Å²) >= 11 is 1.54. The minimum atomic E-state index is -2.69. The standard InChI is InChI=1S/C25H28F3N7O2S/c1-34-21(9-17(33-34)23(27)28)31-25-32-29-11-35(25)15-4-5-19-16(8-15)22(24(37)30-14-6-13(26)7-14)20(38-19)10-18(36)12-2-3-12/h9,11-15,23H,2-8,10H2,1H3,(H,30,37)(H,31,32)/t13?,14?,15-/m0/s1. The fraction of sp³-hybridized carbons (Fsp3) is 0.560. The van der Waals surface area contributed by atoms with Crippen molar-refractivity contribution in [2.45, 2.75) is 76.0 Å². The number of nitrogens with one attached hydrogen (secondary N) is 2. The van der Waals surface area contributed by atoms with Crippen LogP contribution in [-0.2, 0) is 31.1 Å². The van der Waals surface area contributed by atoms with E-state index in [2.05, 4.69) is 25.9 Å². The second-order valence-electron chi connectivity index (χ2n) is 10.4. The molecule has 3 aliphatic carbocycles. The Hall–Kier alpha value is -3.22. The number of aryl methyl sites for hydroxylation is 2. The van der Waals surface area contributed by atoms with Crippen LogP contribution < -0.4 is 10.6 Å². The molecule has 38 heavy (non-hydrogen) atoms. The number of carbonyl (C=O) groups excluding carboxylic acids is 2. The Bertz CT molecular complexity index is 1370. The molecule has 3 aromatic heterocycles. The fourth-order valence-corrected chi connectivity index (χ4v) is 6.66. The summed E-state index contributed by atoms with van der Waals surface area (Å²) in [6.45, 7) is 0. The third kappa shape index (κ3) is 4.83. The van der Waals surface area contributed by atoms with Crippen LogP contribution in [0.2, 0.25) is 0 Å². The second-order valence-corrected chi connectivity index (χ2v) is 11.6. The number of halogens is 3. The molecule has 0 unspecified atom stereocenters. The Morgan fingerprint density at radius 1 is 1.24 bits per heavy atom. The zero-order valence-electron chi connectivity index (χ0n) is 20.8. The highest BCUT2D eigenvalue weighted by Crippen LogP contribution is 2.41. The molecule has 2 saturated carbocycles. The summed E-state index contributed by atoms with van der Waals surface area (Å²) in [5.74, 6) is 0.770. The van der Waals surface area contributed by atoms with Gasteiger partial charge in [-0.2, -0.15) is 5.10 Å². The van der Waals surface area contributed by atoms with Crippen molar-refractivity contribution in [1.82, 2.24) is 29.9 Å². The van der Waals surface area contributed by atoms with Crippen molar-refractivity contribution in [3.8, 4) is 0 Å². The van der Waals surface area contributed by atoms with Gasteiger partial charge < -0.3 is 10.6 Å². The highest BCUT2D eigenvalue weighted by Gasteiger charge is 2.36. The molecule has 0 saturated heterocycles. The third-order valence-electron chi connectivity index (χ3n) is 7.65. The quantitative estimate of drug-likeness (QED) is 0.415. The Kier molecular flexibility index (Phi) is 6.48. The van der Waals surface area contributed by atoms with Gasteiger partial charge in [0.2, 0.25) is 5.95 Å². The average molecular weight is 548 g/mol. The van der Waals surface area contributed by atoms with Gasteiger partial charge in [-0.25, -0.2) is 13.2 Å². The van der Waals surface area contributed by atoms with Crippen LogP contribution in [0.4, 0.5) is 24.9 Å². The van der Waals surface area contributed by atoms with E-state index < -0.39 is 12.6 Å². The Morgan fingerprint density at radius 3 is 2.71 bits per heavy atom. The van der Waals surface area contributed by atoms with Crippen LogP contribution in [0, 0.1) is 5.92 Å². The molecule has 2 fully saturated rings. The molecular weight excluding hydrogens is 519 g/mol. The number of alkyl halides is 3. The topological polar surface area (TPSA) is 107 Å². The van der Waals surface area contributed by atoms with Gasteiger partial charge in [0.05, 0.1) is 5.56 Å². The largest absolute Gasteiger partial charge is 0.349 e. The van der Waals surface area contributed by atoms with Crippen molar-refractivity contribution in [3.05, 3.63) is 39.0 Å². The van der Waals surface area contributed by atoms with Gasteiger partial charge in [-0.15, -0.1) is 21.5 Å². The number of amides is 1. The molecule has 1 amide bonds. The number of fused-ring (bicyclic) bond motifs is 1. The van der Waals surface area contributed by atoms with Crippen LogP contribution in [0.3, 0.4) is 0 Å². The Balaban J connectivity index is 1.26. The van der Waals surface area contributed by atoms with Crippen molar-refractivity contribution in [3.63, 3.8) is 0 Å². The van der Waals surface area contributed by atoms with E-state index in [0.717, 1.165) is 41.0 Å². The summed E-state index contributed by atoms with van der Waals surface area (Å²) in [6.07, 6.45) is 2.72. The van der Waals surface area contributed by atoms with E-state index in [4.69, 9.17) is 0 Å². The first-order valence-corrected chi connectivity index (χ1v) is 13.7. The van der Waals surface area contributed by atoms with E-state index in [0.29, 0.717) is 36.6 Å². The number of hydrogen-bond acceptors (Lipinski definition) is 7. The molecule has 3 aliphatic rings. The minimum absolute atomic E-state index is 0.0881. The normalized spacial score (nSPS) is 22.7. The first-order chi connectivity index (χ1) is 18.3. The summed E-state index contributed by atoms with van der Waals surface area (Å²) in [6, 6.07) is 0.996. The van der Waals surface area contributed by atoms with Gasteiger partial charge in [0.15, 0.2) is 0 Å². The molecule has 2 N–H and O–H groups in total. The zero-order valence-corrected chi connectivity index (χ0v) is 21.6. The monoisotopic (exact) mass is 547 g/mol. The first kappa shape index (κ1) is 25.1. The highest BCUT2D eigenvalue weighted by atomic mass is 32.1. The molecular formula is C25H28F3N7O2S. The van der Waals surface area contributed by atoms with E-state index >= 15 is 0 Å². The van der Waals surface area contributed by atoms with Gasteiger partial charge in [0.25, 0.3) is 12.3 Å². The van der Waals surface area contributed by atoms with Crippen LogP contribution in [0.15, 0.2) is 12.4 Å². The van der Waals surface area contributed by atoms with Crippen molar-refractivity contribution >= 4 is 34.8 Å². The van der Waals surface area contributed by atoms with E-state index in [1.807, 2.05) is 4.57 Å². The maximum atomic E-state index is 13.4. The molecule has 3 aromatic rings. The fourth-order valence-electron chi connectivity index (χ4n) is 5.31. The molecule has 0 aliphatic heterocycles. The second kappa shape index (κ2) is 9.83. The average Bonchev–Trinajstić information content (AvgIpc) is 3.35. The van der Waals surface area contributed by atoms with Crippen molar-refractivity contribution in [2.24, 2.45) is 13.0 Å². The molecule has 13 heteroatoms. The third-order valence-corrected chi connectivity index (χ3v) is 8.94. The summed E-state index contributed by atoms with van der Waals surface area (Å²) in [4.78, 5) is 28.0. The van der Waals surface area contributed by atoms with Crippen LogP contribution in [0.25, 0.3) is 0 Å². The lowest BCUT2D eigenvalue weighted by molar-refractivity contribution is -0.119. The Morgan fingerprint density at radius 2 is 2.03 bits per heavy atom. The van der Waals surface area contributed by atoms with Crippen LogP contribution >= 0.6 is 11.3 Å². The number of rotatable bonds is 9. The molecule has 0 radical (unpaired) electrons. The van der Waals surface area contributed by atoms with Gasteiger partial charge in [-0.05, 0) is 50.5 Å². The van der Waals surface area contributed by atoms with Crippen molar-refractivity contribution in [1.29, 1.82) is 0 Å². The number of anilines is 2. The van der Waals surface area contributed by atoms with Gasteiger partial charge in [0.1, 0.15) is 29.8 Å². The number of aromatic nitrogens is 5. The van der Waals surface area contributed by atoms with Crippen LogP contribution in [-0.4, -0.2) is 48.4 Å². The zero-order chi connectivity index (χ0) is 26.6. The molecule has 0 bridgehead atoms. The van der Waals surface area contributed by atoms with E-state index in [-0.39, 0.29) is 41.8 Å². The molecule has 0 aromatic carbocycles. The van der Waals surface area contributed by atoms with Gasteiger partial charge in [-0.3, -0.25) is 18.8 Å². The molecule has 9 nitrogen and oxygen atoms in total. The number of hydrogen-bond donors (Lipinski definition) is 2. The van der Waals surface area contributed by atoms with Gasteiger partial charge >= 0.3 is 0 Å². The Labute approximate surface area is 220 Å². The van der Waals surface area contributed by atoms with E-state index in [1.165, 1.54) is 22.1 Å². The first-order valence-electron chi connectivity index (χ1n) is 12.9. The molecule has 0 spiro atoms. The molecule has 202 valence electrons. The highest BCUT2D eigenvalue weighted by molar-refractivity contribution is 7.12. The minimum Gasteiger partial charge on any atom is -0.349 e. The van der Waals surface area contributed by atoms with Crippen molar-refractivity contribution in [2.75, 3.05) is 5.32 Å². The summed E-state index contributed by atoms with van der Waals surface area (Å²) in [5.41, 5.74) is 1.14. The smallest absolute Gasteiger partial charge is 0.282 e. The summed E-state index contributed by atoms with van der Waals surface area (Å²) in [7, 11) is 1.57. The maximum Gasteiger partial charge on any atom is 0.282 e. The van der Waals surface area contributed by atoms with Crippen LogP contribution in [0.1, 0.15) is 75.9 Å². The summed E-state index contributed by atoms with van der Waals surface area (Å²) in [5, 5.41) is 18.0. The molecule has 3 heterocycles. The number of nitrogens with zero attached hydrogens (tertiary/aromatic N) is 5. The maximum absolute atomic E-state index is 13.4. The van der Waals surface area contributed by atoms with Crippen LogP contribution in [0.5, 0.6) is 0 Å². The lowest BCUT2D eigenvalue weighted by atomic mass is 9.88. The van der Waals surface area contributed by atoms with Crippen molar-refractivity contribution < 1.29 is 22.8 Å². The number of carbonyl (C=O) groups is 2. The summed E-state index contributed by atoms with van der Waals surface area (Å²) < 4.78 is 42.8. The number of ketones is 1. The van der Waals surface area contributed by atoms with E-state index in [1.54, 1.807) is 13.4 Å². The van der Waals surface area contributed by atoms with Gasteiger partial charge in [0, 0.05) is 47.3 Å². The number of thiophene rings is 1. The van der Waals surface area contributed by atoms with Gasteiger partial charge in [-0.1, -0.05) is 0 Å². The lowest BCUT2D eigenvalue weighted by Crippen LogP contribution is -2.45. The lowest BCUT2D eigenvalue weighted by Gasteiger charge is -2.31. The predicted octanol–water partition coefficient (Wildman–Crippen LogP) is 4.24.